The summed E-state index contributed by atoms with van der Waals surface area (Å²) in [5, 5.41) is 0. The molecule has 0 atom stereocenters. The van der Waals surface area contributed by atoms with E-state index in [1.54, 1.807) is 62.4 Å². The van der Waals surface area contributed by atoms with Crippen LogP contribution in [0.15, 0.2) is 48.5 Å². The van der Waals surface area contributed by atoms with Crippen molar-refractivity contribution in [3.63, 3.8) is 0 Å². The molecule has 23 heavy (non-hydrogen) atoms. The van der Waals surface area contributed by atoms with Gasteiger partial charge in [0.1, 0.15) is 11.5 Å². The van der Waals surface area contributed by atoms with Crippen molar-refractivity contribution in [2.45, 2.75) is 13.8 Å². The van der Waals surface area contributed by atoms with Crippen molar-refractivity contribution < 1.29 is 18.0 Å². The monoisotopic (exact) mass is 330 g/mol. The molecule has 0 aliphatic rings. The Labute approximate surface area is 136 Å². The molecule has 2 aromatic rings. The fourth-order valence-electron chi connectivity index (χ4n) is 2.38. The second-order valence-corrected chi connectivity index (χ2v) is 7.57. The number of Topliss-reactive ketones (excluding diaryl/α,β-unsaturated/α-hetero) is 2. The maximum absolute atomic E-state index is 12.2. The van der Waals surface area contributed by atoms with Crippen LogP contribution in [0.4, 0.5) is 0 Å². The number of aryl methyl sites for hydroxylation is 2. The highest BCUT2D eigenvalue weighted by atomic mass is 32.2. The minimum atomic E-state index is -3.81. The number of hydrogen-bond acceptors (Lipinski definition) is 4. The number of rotatable bonds is 6. The first-order valence-corrected chi connectivity index (χ1v) is 9.00. The Hall–Kier alpha value is -2.27. The van der Waals surface area contributed by atoms with Gasteiger partial charge in [0, 0.05) is 11.1 Å². The fourth-order valence-corrected chi connectivity index (χ4v) is 3.59. The molecule has 0 bridgehead atoms. The molecule has 0 saturated carbocycles. The average molecular weight is 330 g/mol. The largest absolute Gasteiger partial charge is 0.293 e. The van der Waals surface area contributed by atoms with Crippen LogP contribution in [0.25, 0.3) is 0 Å². The van der Waals surface area contributed by atoms with Crippen LogP contribution < -0.4 is 0 Å². The Morgan fingerprint density at radius 3 is 1.43 bits per heavy atom. The molecule has 0 radical (unpaired) electrons. The highest BCUT2D eigenvalue weighted by Crippen LogP contribution is 2.12. The number of benzene rings is 2. The summed E-state index contributed by atoms with van der Waals surface area (Å²) in [4.78, 5) is 24.4. The minimum Gasteiger partial charge on any atom is -0.293 e. The number of sulfone groups is 1. The van der Waals surface area contributed by atoms with Crippen LogP contribution in [0.2, 0.25) is 0 Å². The zero-order valence-electron chi connectivity index (χ0n) is 13.1. The van der Waals surface area contributed by atoms with Gasteiger partial charge in [-0.1, -0.05) is 48.5 Å². The lowest BCUT2D eigenvalue weighted by Crippen LogP contribution is -2.24. The predicted molar refractivity (Wildman–Crippen MR) is 89.7 cm³/mol. The zero-order chi connectivity index (χ0) is 17.0. The molecule has 2 aromatic carbocycles. The van der Waals surface area contributed by atoms with Gasteiger partial charge >= 0.3 is 0 Å². The van der Waals surface area contributed by atoms with Crippen molar-refractivity contribution in [1.29, 1.82) is 0 Å². The lowest BCUT2D eigenvalue weighted by atomic mass is 10.1. The predicted octanol–water partition coefficient (Wildman–Crippen LogP) is 2.78. The fraction of sp³-hybridized carbons (Fsp3) is 0.222. The molecule has 0 N–H and O–H groups in total. The van der Waals surface area contributed by atoms with E-state index >= 15 is 0 Å². The third-order valence-electron chi connectivity index (χ3n) is 3.59. The van der Waals surface area contributed by atoms with Crippen molar-refractivity contribution >= 4 is 21.4 Å². The summed E-state index contributed by atoms with van der Waals surface area (Å²) in [7, 11) is -3.81. The molecule has 0 saturated heterocycles. The normalized spacial score (nSPS) is 11.2. The Morgan fingerprint density at radius 2 is 1.09 bits per heavy atom. The summed E-state index contributed by atoms with van der Waals surface area (Å²) in [6.07, 6.45) is 0. The van der Waals surface area contributed by atoms with Crippen LogP contribution in [-0.2, 0) is 9.84 Å². The van der Waals surface area contributed by atoms with Crippen molar-refractivity contribution in [1.82, 2.24) is 0 Å². The van der Waals surface area contributed by atoms with Gasteiger partial charge in [0.15, 0.2) is 21.4 Å². The summed E-state index contributed by atoms with van der Waals surface area (Å²) in [6, 6.07) is 13.6. The first kappa shape index (κ1) is 17.1. The first-order chi connectivity index (χ1) is 10.8. The van der Waals surface area contributed by atoms with E-state index in [1.165, 1.54) is 0 Å². The van der Waals surface area contributed by atoms with Crippen LogP contribution in [-0.4, -0.2) is 31.5 Å². The molecule has 0 heterocycles. The van der Waals surface area contributed by atoms with Crippen molar-refractivity contribution in [3.05, 3.63) is 70.8 Å². The zero-order valence-corrected chi connectivity index (χ0v) is 13.9. The second-order valence-electron chi connectivity index (χ2n) is 5.51. The van der Waals surface area contributed by atoms with Gasteiger partial charge in [0.05, 0.1) is 0 Å². The van der Waals surface area contributed by atoms with Crippen LogP contribution >= 0.6 is 0 Å². The van der Waals surface area contributed by atoms with E-state index in [0.717, 1.165) is 11.1 Å². The molecule has 2 rings (SSSR count). The maximum Gasteiger partial charge on any atom is 0.178 e. The van der Waals surface area contributed by atoms with Crippen LogP contribution in [0.1, 0.15) is 31.8 Å². The van der Waals surface area contributed by atoms with E-state index in [1.807, 2.05) is 0 Å². The standard InChI is InChI=1S/C18H18O4S/c1-13-7-3-5-9-15(13)17(19)11-23(21,22)12-18(20)16-10-6-4-8-14(16)2/h3-10H,11-12H2,1-2H3. The molecule has 5 heteroatoms. The maximum atomic E-state index is 12.2. The molecule has 0 amide bonds. The highest BCUT2D eigenvalue weighted by molar-refractivity contribution is 7.92. The summed E-state index contributed by atoms with van der Waals surface area (Å²) < 4.78 is 24.4. The van der Waals surface area contributed by atoms with Crippen molar-refractivity contribution in [3.8, 4) is 0 Å². The summed E-state index contributed by atoms with van der Waals surface area (Å²) in [5.41, 5.74) is 2.19. The van der Waals surface area contributed by atoms with Gasteiger partial charge in [-0.3, -0.25) is 9.59 Å². The van der Waals surface area contributed by atoms with Gasteiger partial charge < -0.3 is 0 Å². The molecule has 0 aliphatic heterocycles. The quantitative estimate of drug-likeness (QED) is 0.764. The molecule has 0 aromatic heterocycles. The molecule has 0 spiro atoms. The SMILES string of the molecule is Cc1ccccc1C(=O)CS(=O)(=O)CC(=O)c1ccccc1C. The van der Waals surface area contributed by atoms with E-state index in [9.17, 15) is 18.0 Å². The Balaban J connectivity index is 2.14. The van der Waals surface area contributed by atoms with E-state index in [0.29, 0.717) is 11.1 Å². The van der Waals surface area contributed by atoms with E-state index in [-0.39, 0.29) is 0 Å². The smallest absolute Gasteiger partial charge is 0.178 e. The van der Waals surface area contributed by atoms with E-state index < -0.39 is 32.9 Å². The van der Waals surface area contributed by atoms with Gasteiger partial charge in [-0.05, 0) is 25.0 Å². The summed E-state index contributed by atoms with van der Waals surface area (Å²) >= 11 is 0. The van der Waals surface area contributed by atoms with Crippen molar-refractivity contribution in [2.24, 2.45) is 0 Å². The third-order valence-corrected chi connectivity index (χ3v) is 5.00. The molecule has 0 unspecified atom stereocenters. The van der Waals surface area contributed by atoms with Crippen LogP contribution in [0, 0.1) is 13.8 Å². The van der Waals surface area contributed by atoms with E-state index in [4.69, 9.17) is 0 Å². The summed E-state index contributed by atoms with van der Waals surface area (Å²) in [6.45, 7) is 3.50. The van der Waals surface area contributed by atoms with E-state index in [2.05, 4.69) is 0 Å². The lowest BCUT2D eigenvalue weighted by Gasteiger charge is -2.07. The Morgan fingerprint density at radius 1 is 0.739 bits per heavy atom. The topological polar surface area (TPSA) is 68.3 Å². The van der Waals surface area contributed by atoms with Gasteiger partial charge in [0.25, 0.3) is 0 Å². The molecule has 0 fully saturated rings. The molecule has 120 valence electrons. The second kappa shape index (κ2) is 6.87. The average Bonchev–Trinajstić information content (AvgIpc) is 2.46. The van der Waals surface area contributed by atoms with Crippen molar-refractivity contribution in [2.75, 3.05) is 11.5 Å². The lowest BCUT2D eigenvalue weighted by molar-refractivity contribution is 0.101. The summed E-state index contributed by atoms with van der Waals surface area (Å²) in [5.74, 6) is -2.29. The van der Waals surface area contributed by atoms with Gasteiger partial charge in [-0.25, -0.2) is 8.42 Å². The first-order valence-electron chi connectivity index (χ1n) is 7.18. The van der Waals surface area contributed by atoms with Crippen LogP contribution in [0.3, 0.4) is 0 Å². The number of carbonyl (C=O) groups is 2. The van der Waals surface area contributed by atoms with Gasteiger partial charge in [-0.15, -0.1) is 0 Å². The third kappa shape index (κ3) is 4.36. The number of ketones is 2. The number of carbonyl (C=O) groups excluding carboxylic acids is 2. The molecule has 4 nitrogen and oxygen atoms in total. The Bertz CT molecular complexity index is 785. The molecular formula is C18H18O4S. The van der Waals surface area contributed by atoms with Crippen LogP contribution in [0.5, 0.6) is 0 Å². The molecular weight excluding hydrogens is 312 g/mol. The molecule has 0 aliphatic carbocycles. The van der Waals surface area contributed by atoms with Gasteiger partial charge in [0.2, 0.25) is 0 Å². The number of hydrogen-bond donors (Lipinski definition) is 0. The minimum absolute atomic E-state index is 0.374. The highest BCUT2D eigenvalue weighted by Gasteiger charge is 2.23. The Kier molecular flexibility index (Phi) is 5.11. The van der Waals surface area contributed by atoms with Gasteiger partial charge in [-0.2, -0.15) is 0 Å².